The number of hydrogen-bond donors (Lipinski definition) is 3. The van der Waals surface area contributed by atoms with Gasteiger partial charge in [-0.25, -0.2) is 9.59 Å². The van der Waals surface area contributed by atoms with Crippen LogP contribution in [0.4, 0.5) is 4.79 Å². The van der Waals surface area contributed by atoms with Crippen LogP contribution >= 0.6 is 11.3 Å². The van der Waals surface area contributed by atoms with E-state index in [0.29, 0.717) is 4.88 Å². The predicted octanol–water partition coefficient (Wildman–Crippen LogP) is 0.196. The van der Waals surface area contributed by atoms with Gasteiger partial charge in [0, 0.05) is 4.88 Å². The lowest BCUT2D eigenvalue weighted by atomic mass is 10.1. The SMILES string of the molecule is O=C1NC(=O)C(=Cc2ccc(C(=O)O)s2)C(=O)N1. The average Bonchev–Trinajstić information content (AvgIpc) is 2.71. The Morgan fingerprint density at radius 2 is 1.78 bits per heavy atom. The molecule has 3 N–H and O–H groups in total. The molecule has 0 unspecified atom stereocenters. The molecule has 92 valence electrons. The maximum atomic E-state index is 11.4. The van der Waals surface area contributed by atoms with E-state index in [2.05, 4.69) is 0 Å². The molecule has 1 aliphatic heterocycles. The third-order valence-corrected chi connectivity index (χ3v) is 3.09. The van der Waals surface area contributed by atoms with Gasteiger partial charge < -0.3 is 5.11 Å². The van der Waals surface area contributed by atoms with Crippen LogP contribution in [0.15, 0.2) is 17.7 Å². The third kappa shape index (κ3) is 2.28. The summed E-state index contributed by atoms with van der Waals surface area (Å²) in [6, 6.07) is 1.96. The van der Waals surface area contributed by atoms with Crippen LogP contribution in [0.2, 0.25) is 0 Å². The maximum absolute atomic E-state index is 11.4. The zero-order chi connectivity index (χ0) is 13.3. The Balaban J connectivity index is 2.31. The van der Waals surface area contributed by atoms with Gasteiger partial charge in [0.2, 0.25) is 0 Å². The first kappa shape index (κ1) is 12.0. The largest absolute Gasteiger partial charge is 0.477 e. The number of carboxylic acids is 1. The molecule has 0 radical (unpaired) electrons. The van der Waals surface area contributed by atoms with Crippen molar-refractivity contribution in [3.05, 3.63) is 27.5 Å². The summed E-state index contributed by atoms with van der Waals surface area (Å²) in [6.07, 6.45) is 1.23. The van der Waals surface area contributed by atoms with Crippen molar-refractivity contribution in [3.8, 4) is 0 Å². The molecular formula is C10H6N2O5S. The number of carbonyl (C=O) groups excluding carboxylic acids is 3. The lowest BCUT2D eigenvalue weighted by Gasteiger charge is -2.13. The number of rotatable bonds is 2. The summed E-state index contributed by atoms with van der Waals surface area (Å²) >= 11 is 0.919. The van der Waals surface area contributed by atoms with Crippen LogP contribution in [-0.4, -0.2) is 28.9 Å². The summed E-state index contributed by atoms with van der Waals surface area (Å²) in [5, 5.41) is 12.6. The maximum Gasteiger partial charge on any atom is 0.345 e. The molecule has 18 heavy (non-hydrogen) atoms. The highest BCUT2D eigenvalue weighted by atomic mass is 32.1. The summed E-state index contributed by atoms with van der Waals surface area (Å²) in [5.41, 5.74) is -0.242. The first-order valence-electron chi connectivity index (χ1n) is 4.69. The number of nitrogens with one attached hydrogen (secondary N) is 2. The second-order valence-electron chi connectivity index (χ2n) is 3.30. The molecule has 1 saturated heterocycles. The first-order valence-corrected chi connectivity index (χ1v) is 5.50. The van der Waals surface area contributed by atoms with Gasteiger partial charge in [0.15, 0.2) is 0 Å². The van der Waals surface area contributed by atoms with Crippen LogP contribution in [-0.2, 0) is 9.59 Å². The molecule has 0 atom stereocenters. The van der Waals surface area contributed by atoms with Crippen molar-refractivity contribution in [2.75, 3.05) is 0 Å². The zero-order valence-electron chi connectivity index (χ0n) is 8.72. The molecule has 0 aromatic carbocycles. The van der Waals surface area contributed by atoms with Gasteiger partial charge in [0.25, 0.3) is 11.8 Å². The number of thiophene rings is 1. The number of imide groups is 2. The fraction of sp³-hybridized carbons (Fsp3) is 0. The van der Waals surface area contributed by atoms with E-state index in [1.165, 1.54) is 18.2 Å². The van der Waals surface area contributed by atoms with Crippen LogP contribution in [0.25, 0.3) is 6.08 Å². The van der Waals surface area contributed by atoms with Crippen LogP contribution in [0, 0.1) is 0 Å². The molecule has 0 bridgehead atoms. The van der Waals surface area contributed by atoms with Crippen molar-refractivity contribution in [1.29, 1.82) is 0 Å². The van der Waals surface area contributed by atoms with Gasteiger partial charge in [0.1, 0.15) is 10.5 Å². The van der Waals surface area contributed by atoms with E-state index in [1.807, 2.05) is 10.6 Å². The van der Waals surface area contributed by atoms with Gasteiger partial charge in [-0.2, -0.15) is 0 Å². The van der Waals surface area contributed by atoms with Crippen LogP contribution in [0.1, 0.15) is 14.5 Å². The Morgan fingerprint density at radius 1 is 1.17 bits per heavy atom. The Bertz CT molecular complexity index is 579. The van der Waals surface area contributed by atoms with Crippen molar-refractivity contribution in [3.63, 3.8) is 0 Å². The molecular weight excluding hydrogens is 260 g/mol. The first-order chi connectivity index (χ1) is 8.47. The Labute approximate surface area is 104 Å². The minimum absolute atomic E-state index is 0.0922. The van der Waals surface area contributed by atoms with E-state index < -0.39 is 23.8 Å². The molecule has 1 aromatic heterocycles. The molecule has 2 heterocycles. The Kier molecular flexibility index (Phi) is 2.94. The van der Waals surface area contributed by atoms with Crippen LogP contribution < -0.4 is 10.6 Å². The zero-order valence-corrected chi connectivity index (χ0v) is 9.54. The smallest absolute Gasteiger partial charge is 0.345 e. The van der Waals surface area contributed by atoms with E-state index >= 15 is 0 Å². The fourth-order valence-electron chi connectivity index (χ4n) is 1.29. The van der Waals surface area contributed by atoms with Gasteiger partial charge in [0.05, 0.1) is 0 Å². The molecule has 4 amide bonds. The Morgan fingerprint density at radius 3 is 2.28 bits per heavy atom. The molecule has 0 aliphatic carbocycles. The second kappa shape index (κ2) is 4.41. The molecule has 1 aromatic rings. The van der Waals surface area contributed by atoms with E-state index in [1.54, 1.807) is 0 Å². The van der Waals surface area contributed by atoms with Crippen molar-refractivity contribution in [2.24, 2.45) is 0 Å². The normalized spacial score (nSPS) is 15.1. The molecule has 1 fully saturated rings. The number of carbonyl (C=O) groups is 4. The van der Waals surface area contributed by atoms with Crippen molar-refractivity contribution < 1.29 is 24.3 Å². The fourth-order valence-corrected chi connectivity index (χ4v) is 2.08. The van der Waals surface area contributed by atoms with Gasteiger partial charge in [-0.1, -0.05) is 0 Å². The number of amides is 4. The molecule has 1 aliphatic rings. The summed E-state index contributed by atoms with van der Waals surface area (Å²) in [5.74, 6) is -2.71. The number of barbiturate groups is 1. The third-order valence-electron chi connectivity index (χ3n) is 2.07. The number of urea groups is 1. The van der Waals surface area contributed by atoms with E-state index in [-0.39, 0.29) is 10.5 Å². The summed E-state index contributed by atoms with van der Waals surface area (Å²) in [7, 11) is 0. The summed E-state index contributed by atoms with van der Waals surface area (Å²) in [6.45, 7) is 0. The van der Waals surface area contributed by atoms with E-state index in [4.69, 9.17) is 5.11 Å². The highest BCUT2D eigenvalue weighted by Crippen LogP contribution is 2.20. The van der Waals surface area contributed by atoms with E-state index in [0.717, 1.165) is 11.3 Å². The topological polar surface area (TPSA) is 113 Å². The molecule has 8 heteroatoms. The minimum Gasteiger partial charge on any atom is -0.477 e. The molecule has 7 nitrogen and oxygen atoms in total. The number of hydrogen-bond acceptors (Lipinski definition) is 5. The summed E-state index contributed by atoms with van der Waals surface area (Å²) < 4.78 is 0. The lowest BCUT2D eigenvalue weighted by molar-refractivity contribution is -0.123. The molecule has 2 rings (SSSR count). The predicted molar refractivity (Wildman–Crippen MR) is 60.9 cm³/mol. The average molecular weight is 266 g/mol. The van der Waals surface area contributed by atoms with Gasteiger partial charge in [-0.15, -0.1) is 11.3 Å². The standard InChI is InChI=1S/C10H6N2O5S/c13-7-5(8(14)12-10(17)11-7)3-4-1-2-6(18-4)9(15)16/h1-3H,(H,15,16)(H2,11,12,13,14,17). The van der Waals surface area contributed by atoms with Crippen LogP contribution in [0.5, 0.6) is 0 Å². The molecule has 0 saturated carbocycles. The Hall–Kier alpha value is -2.48. The monoisotopic (exact) mass is 266 g/mol. The highest BCUT2D eigenvalue weighted by molar-refractivity contribution is 7.14. The quantitative estimate of drug-likeness (QED) is 0.522. The number of carboxylic acid groups (broad SMARTS) is 1. The highest BCUT2D eigenvalue weighted by Gasteiger charge is 2.27. The van der Waals surface area contributed by atoms with Crippen molar-refractivity contribution in [2.45, 2.75) is 0 Å². The van der Waals surface area contributed by atoms with Crippen molar-refractivity contribution in [1.82, 2.24) is 10.6 Å². The van der Waals surface area contributed by atoms with Crippen LogP contribution in [0.3, 0.4) is 0 Å². The second-order valence-corrected chi connectivity index (χ2v) is 4.42. The van der Waals surface area contributed by atoms with E-state index in [9.17, 15) is 19.2 Å². The summed E-state index contributed by atoms with van der Waals surface area (Å²) in [4.78, 5) is 44.8. The minimum atomic E-state index is -1.09. The van der Waals surface area contributed by atoms with Gasteiger partial charge in [-0.3, -0.25) is 20.2 Å². The van der Waals surface area contributed by atoms with Crippen molar-refractivity contribution >= 4 is 41.2 Å². The number of aromatic carboxylic acids is 1. The van der Waals surface area contributed by atoms with Gasteiger partial charge >= 0.3 is 12.0 Å². The van der Waals surface area contributed by atoms with Gasteiger partial charge in [-0.05, 0) is 18.2 Å². The lowest BCUT2D eigenvalue weighted by Crippen LogP contribution is -2.51. The molecule has 0 spiro atoms.